The van der Waals surface area contributed by atoms with E-state index in [2.05, 4.69) is 26.3 Å². The van der Waals surface area contributed by atoms with Crippen LogP contribution in [0.1, 0.15) is 43.5 Å². The fourth-order valence-corrected chi connectivity index (χ4v) is 3.49. The van der Waals surface area contributed by atoms with Gasteiger partial charge in [0.15, 0.2) is 0 Å². The first kappa shape index (κ1) is 15.0. The van der Waals surface area contributed by atoms with Crippen LogP contribution in [0.3, 0.4) is 0 Å². The molecule has 0 spiro atoms. The molecule has 0 aromatic carbocycles. The summed E-state index contributed by atoms with van der Waals surface area (Å²) in [5.74, 6) is 0. The molecule has 1 aromatic rings. The summed E-state index contributed by atoms with van der Waals surface area (Å²) >= 11 is 3.58. The van der Waals surface area contributed by atoms with E-state index in [4.69, 9.17) is 0 Å². The Bertz CT molecular complexity index is 425. The largest absolute Gasteiger partial charge is 0.396 e. The van der Waals surface area contributed by atoms with Crippen molar-refractivity contribution >= 4 is 15.9 Å². The Morgan fingerprint density at radius 2 is 2.05 bits per heavy atom. The van der Waals surface area contributed by atoms with Crippen LogP contribution >= 0.6 is 15.9 Å². The van der Waals surface area contributed by atoms with E-state index >= 15 is 0 Å². The number of halogens is 1. The molecule has 108 valence electrons. The van der Waals surface area contributed by atoms with Gasteiger partial charge in [-0.2, -0.15) is 5.10 Å². The predicted octanol–water partition coefficient (Wildman–Crippen LogP) is 2.52. The number of aliphatic hydroxyl groups is 1. The van der Waals surface area contributed by atoms with Crippen molar-refractivity contribution in [3.05, 3.63) is 15.9 Å². The molecule has 1 fully saturated rings. The van der Waals surface area contributed by atoms with E-state index in [1.54, 1.807) is 0 Å². The van der Waals surface area contributed by atoms with Crippen molar-refractivity contribution in [1.82, 2.24) is 15.1 Å². The fourth-order valence-electron chi connectivity index (χ4n) is 3.01. The third-order valence-electron chi connectivity index (χ3n) is 4.30. The fraction of sp³-hybridized carbons (Fsp3) is 0.786. The van der Waals surface area contributed by atoms with Crippen molar-refractivity contribution < 1.29 is 5.11 Å². The van der Waals surface area contributed by atoms with Crippen LogP contribution in [0.2, 0.25) is 0 Å². The summed E-state index contributed by atoms with van der Waals surface area (Å²) < 4.78 is 3.00. The van der Waals surface area contributed by atoms with Crippen LogP contribution in [0, 0.1) is 12.3 Å². The lowest BCUT2D eigenvalue weighted by atomic mass is 9.74. The molecule has 19 heavy (non-hydrogen) atoms. The zero-order valence-electron chi connectivity index (χ0n) is 11.9. The van der Waals surface area contributed by atoms with E-state index in [-0.39, 0.29) is 5.41 Å². The minimum absolute atomic E-state index is 0.0956. The number of nitrogens with zero attached hydrogens (tertiary/aromatic N) is 2. The first-order valence-corrected chi connectivity index (χ1v) is 7.87. The molecule has 1 aromatic heterocycles. The molecule has 0 amide bonds. The highest BCUT2D eigenvalue weighted by molar-refractivity contribution is 9.10. The quantitative estimate of drug-likeness (QED) is 0.872. The van der Waals surface area contributed by atoms with Gasteiger partial charge in [0.2, 0.25) is 0 Å². The number of aryl methyl sites for hydroxylation is 2. The van der Waals surface area contributed by atoms with E-state index in [1.807, 2.05) is 18.7 Å². The second-order valence-corrected chi connectivity index (χ2v) is 6.59. The normalized spacial score (nSPS) is 18.7. The molecule has 1 saturated carbocycles. The van der Waals surface area contributed by atoms with E-state index in [0.29, 0.717) is 6.61 Å². The molecule has 0 radical (unpaired) electrons. The smallest absolute Gasteiger partial charge is 0.0739 e. The average molecular weight is 330 g/mol. The maximum Gasteiger partial charge on any atom is 0.0739 e. The Morgan fingerprint density at radius 1 is 1.37 bits per heavy atom. The number of aliphatic hydroxyl groups excluding tert-OH is 1. The van der Waals surface area contributed by atoms with Crippen LogP contribution in [-0.4, -0.2) is 28.0 Å². The monoisotopic (exact) mass is 329 g/mol. The molecule has 0 saturated heterocycles. The Labute approximate surface area is 123 Å². The maximum atomic E-state index is 9.69. The van der Waals surface area contributed by atoms with Crippen LogP contribution in [0.4, 0.5) is 0 Å². The molecule has 1 heterocycles. The Balaban J connectivity index is 1.92. The molecule has 1 aliphatic carbocycles. The van der Waals surface area contributed by atoms with Gasteiger partial charge in [0, 0.05) is 32.2 Å². The van der Waals surface area contributed by atoms with Gasteiger partial charge in [0.25, 0.3) is 0 Å². The number of hydrogen-bond acceptors (Lipinski definition) is 3. The second-order valence-electron chi connectivity index (χ2n) is 5.79. The second kappa shape index (κ2) is 6.37. The van der Waals surface area contributed by atoms with Crippen molar-refractivity contribution in [3.63, 3.8) is 0 Å². The lowest BCUT2D eigenvalue weighted by Gasteiger charge is -2.35. The van der Waals surface area contributed by atoms with Gasteiger partial charge in [0.05, 0.1) is 15.9 Å². The van der Waals surface area contributed by atoms with Crippen LogP contribution in [0.15, 0.2) is 4.47 Å². The highest BCUT2D eigenvalue weighted by atomic mass is 79.9. The number of rotatable bonds is 5. The standard InChI is InChI=1S/C14H24BrN3O/c1-11-13(15)12(18(2)17-11)8-16-9-14(10-19)6-4-3-5-7-14/h16,19H,3-10H2,1-2H3. The minimum Gasteiger partial charge on any atom is -0.396 e. The van der Waals surface area contributed by atoms with E-state index in [0.717, 1.165) is 36.1 Å². The van der Waals surface area contributed by atoms with Crippen molar-refractivity contribution in [3.8, 4) is 0 Å². The number of nitrogens with one attached hydrogen (secondary N) is 1. The molecule has 1 aliphatic rings. The summed E-state index contributed by atoms with van der Waals surface area (Å²) in [4.78, 5) is 0. The molecule has 5 heteroatoms. The van der Waals surface area contributed by atoms with Crippen molar-refractivity contribution in [2.75, 3.05) is 13.2 Å². The lowest BCUT2D eigenvalue weighted by Crippen LogP contribution is -2.39. The molecule has 0 unspecified atom stereocenters. The van der Waals surface area contributed by atoms with Gasteiger partial charge in [-0.3, -0.25) is 4.68 Å². The van der Waals surface area contributed by atoms with Gasteiger partial charge in [-0.25, -0.2) is 0 Å². The molecule has 0 atom stereocenters. The van der Waals surface area contributed by atoms with Gasteiger partial charge in [-0.1, -0.05) is 19.3 Å². The van der Waals surface area contributed by atoms with Gasteiger partial charge >= 0.3 is 0 Å². The molecule has 4 nitrogen and oxygen atoms in total. The van der Waals surface area contributed by atoms with Gasteiger partial charge in [0.1, 0.15) is 0 Å². The summed E-state index contributed by atoms with van der Waals surface area (Å²) in [6, 6.07) is 0. The van der Waals surface area contributed by atoms with Gasteiger partial charge in [-0.15, -0.1) is 0 Å². The van der Waals surface area contributed by atoms with E-state index in [9.17, 15) is 5.11 Å². The predicted molar refractivity (Wildman–Crippen MR) is 80.0 cm³/mol. The molecule has 0 aliphatic heterocycles. The van der Waals surface area contributed by atoms with Crippen LogP contribution < -0.4 is 5.32 Å². The van der Waals surface area contributed by atoms with E-state index < -0.39 is 0 Å². The Hall–Kier alpha value is -0.390. The number of hydrogen-bond donors (Lipinski definition) is 2. The highest BCUT2D eigenvalue weighted by Gasteiger charge is 2.30. The lowest BCUT2D eigenvalue weighted by molar-refractivity contribution is 0.0809. The average Bonchev–Trinajstić information content (AvgIpc) is 2.66. The van der Waals surface area contributed by atoms with Crippen LogP contribution in [0.25, 0.3) is 0 Å². The van der Waals surface area contributed by atoms with Crippen molar-refractivity contribution in [2.45, 2.75) is 45.6 Å². The molecule has 2 rings (SSSR count). The first-order chi connectivity index (χ1) is 9.08. The maximum absolute atomic E-state index is 9.69. The topological polar surface area (TPSA) is 50.1 Å². The SMILES string of the molecule is Cc1nn(C)c(CNCC2(CO)CCCCC2)c1Br. The number of aromatic nitrogens is 2. The molecule has 0 bridgehead atoms. The Kier molecular flexibility index (Phi) is 5.03. The van der Waals surface area contributed by atoms with Crippen molar-refractivity contribution in [2.24, 2.45) is 12.5 Å². The molecular formula is C14H24BrN3O. The van der Waals surface area contributed by atoms with Gasteiger partial charge in [-0.05, 0) is 35.7 Å². The highest BCUT2D eigenvalue weighted by Crippen LogP contribution is 2.35. The summed E-state index contributed by atoms with van der Waals surface area (Å²) in [6.07, 6.45) is 6.09. The molecule has 2 N–H and O–H groups in total. The third-order valence-corrected chi connectivity index (χ3v) is 5.34. The molecular weight excluding hydrogens is 306 g/mol. The third kappa shape index (κ3) is 3.38. The zero-order chi connectivity index (χ0) is 13.9. The summed E-state index contributed by atoms with van der Waals surface area (Å²) in [6.45, 7) is 3.98. The minimum atomic E-state index is 0.0956. The first-order valence-electron chi connectivity index (χ1n) is 7.07. The summed E-state index contributed by atoms with van der Waals surface area (Å²) in [5, 5.41) is 17.6. The van der Waals surface area contributed by atoms with Crippen LogP contribution in [0.5, 0.6) is 0 Å². The summed E-state index contributed by atoms with van der Waals surface area (Å²) in [5.41, 5.74) is 2.29. The Morgan fingerprint density at radius 3 is 2.58 bits per heavy atom. The van der Waals surface area contributed by atoms with Gasteiger partial charge < -0.3 is 10.4 Å². The van der Waals surface area contributed by atoms with Crippen molar-refractivity contribution in [1.29, 1.82) is 0 Å². The van der Waals surface area contributed by atoms with E-state index in [1.165, 1.54) is 25.0 Å². The summed E-state index contributed by atoms with van der Waals surface area (Å²) in [7, 11) is 1.97. The zero-order valence-corrected chi connectivity index (χ0v) is 13.5. The van der Waals surface area contributed by atoms with Crippen LogP contribution in [-0.2, 0) is 13.6 Å².